The molecule has 4 rings (SSSR count). The maximum Gasteiger partial charge on any atom is 0.270 e. The van der Waals surface area contributed by atoms with Crippen LogP contribution < -0.4 is 16.6 Å². The summed E-state index contributed by atoms with van der Waals surface area (Å²) in [4.78, 5) is 21.3. The molecule has 1 aromatic carbocycles. The molecule has 0 amide bonds. The van der Waals surface area contributed by atoms with Crippen molar-refractivity contribution < 1.29 is 4.42 Å². The van der Waals surface area contributed by atoms with Crippen LogP contribution in [0.1, 0.15) is 36.7 Å². The van der Waals surface area contributed by atoms with Gasteiger partial charge in [0, 0.05) is 35.5 Å². The van der Waals surface area contributed by atoms with E-state index in [4.69, 9.17) is 10.2 Å². The van der Waals surface area contributed by atoms with Crippen molar-refractivity contribution in [2.75, 3.05) is 12.8 Å². The van der Waals surface area contributed by atoms with Crippen LogP contribution in [0.4, 0.5) is 5.82 Å². The topological polar surface area (TPSA) is 125 Å². The highest BCUT2D eigenvalue weighted by molar-refractivity contribution is 5.70. The second-order valence-electron chi connectivity index (χ2n) is 8.22. The van der Waals surface area contributed by atoms with E-state index in [1.807, 2.05) is 46.9 Å². The average molecular weight is 446 g/mol. The summed E-state index contributed by atoms with van der Waals surface area (Å²) in [7, 11) is 1.91. The van der Waals surface area contributed by atoms with Gasteiger partial charge in [0.15, 0.2) is 11.5 Å². The highest BCUT2D eigenvalue weighted by Crippen LogP contribution is 2.30. The fourth-order valence-electron chi connectivity index (χ4n) is 3.96. The lowest BCUT2D eigenvalue weighted by molar-refractivity contribution is 0.563. The summed E-state index contributed by atoms with van der Waals surface area (Å²) < 4.78 is 7.66. The second-order valence-corrected chi connectivity index (χ2v) is 8.22. The Hall–Kier alpha value is -3.85. The monoisotopic (exact) mass is 445 g/mol. The Morgan fingerprint density at radius 1 is 1.09 bits per heavy atom. The Kier molecular flexibility index (Phi) is 6.06. The second kappa shape index (κ2) is 8.95. The van der Waals surface area contributed by atoms with Crippen molar-refractivity contribution >= 4 is 5.82 Å². The van der Waals surface area contributed by atoms with E-state index in [1.165, 1.54) is 11.6 Å². The standard InChI is InChI=1S/C24H27N7O2/c1-13(2)31-15(4)18(8-9-20(31)32)19-12-27-22(25)21(28-19)24-30-29-23(33-24)17-7-6-16(11-26-5)10-14(17)3/h6-10,12-13,26H,11H2,1-5H3,(H2,25,27). The summed E-state index contributed by atoms with van der Waals surface area (Å²) in [5.41, 5.74) is 11.5. The molecule has 0 saturated heterocycles. The molecule has 33 heavy (non-hydrogen) atoms. The van der Waals surface area contributed by atoms with E-state index >= 15 is 0 Å². The number of anilines is 1. The fourth-order valence-corrected chi connectivity index (χ4v) is 3.96. The zero-order chi connectivity index (χ0) is 23.7. The minimum atomic E-state index is -0.0625. The lowest BCUT2D eigenvalue weighted by Crippen LogP contribution is -2.23. The molecule has 0 aliphatic rings. The van der Waals surface area contributed by atoms with Crippen LogP contribution in [-0.4, -0.2) is 31.8 Å². The molecule has 170 valence electrons. The molecular formula is C24H27N7O2. The van der Waals surface area contributed by atoms with Crippen LogP contribution >= 0.6 is 0 Å². The Labute approximate surface area is 191 Å². The van der Waals surface area contributed by atoms with Crippen molar-refractivity contribution in [3.63, 3.8) is 0 Å². The molecule has 0 spiro atoms. The molecule has 0 unspecified atom stereocenters. The largest absolute Gasteiger partial charge is 0.414 e. The first-order chi connectivity index (χ1) is 15.8. The minimum Gasteiger partial charge on any atom is -0.414 e. The van der Waals surface area contributed by atoms with E-state index in [2.05, 4.69) is 31.5 Å². The first-order valence-corrected chi connectivity index (χ1v) is 10.7. The van der Waals surface area contributed by atoms with Crippen molar-refractivity contribution in [1.29, 1.82) is 0 Å². The van der Waals surface area contributed by atoms with E-state index in [0.717, 1.165) is 28.9 Å². The number of nitrogen functional groups attached to an aromatic ring is 1. The van der Waals surface area contributed by atoms with Crippen LogP contribution in [0.5, 0.6) is 0 Å². The van der Waals surface area contributed by atoms with E-state index in [-0.39, 0.29) is 23.3 Å². The van der Waals surface area contributed by atoms with Crippen molar-refractivity contribution in [3.8, 4) is 34.3 Å². The van der Waals surface area contributed by atoms with E-state index in [1.54, 1.807) is 16.8 Å². The van der Waals surface area contributed by atoms with Gasteiger partial charge in [0.25, 0.3) is 11.4 Å². The van der Waals surface area contributed by atoms with Crippen LogP contribution in [-0.2, 0) is 6.54 Å². The summed E-state index contributed by atoms with van der Waals surface area (Å²) in [6, 6.07) is 9.35. The molecule has 0 aliphatic heterocycles. The zero-order valence-corrected chi connectivity index (χ0v) is 19.4. The molecule has 0 saturated carbocycles. The number of benzene rings is 1. The van der Waals surface area contributed by atoms with Gasteiger partial charge in [-0.1, -0.05) is 12.1 Å². The van der Waals surface area contributed by atoms with Crippen LogP contribution in [0.3, 0.4) is 0 Å². The minimum absolute atomic E-state index is 0.0138. The van der Waals surface area contributed by atoms with Crippen LogP contribution in [0, 0.1) is 13.8 Å². The molecule has 0 atom stereocenters. The van der Waals surface area contributed by atoms with Gasteiger partial charge in [-0.25, -0.2) is 9.97 Å². The number of nitrogens with zero attached hydrogens (tertiary/aromatic N) is 5. The van der Waals surface area contributed by atoms with E-state index < -0.39 is 0 Å². The van der Waals surface area contributed by atoms with Gasteiger partial charge in [0.2, 0.25) is 5.89 Å². The number of pyridine rings is 1. The Morgan fingerprint density at radius 2 is 1.82 bits per heavy atom. The van der Waals surface area contributed by atoms with Gasteiger partial charge in [-0.05, 0) is 58.0 Å². The van der Waals surface area contributed by atoms with Gasteiger partial charge in [0.1, 0.15) is 0 Å². The molecule has 3 N–H and O–H groups in total. The van der Waals surface area contributed by atoms with Gasteiger partial charge in [-0.15, -0.1) is 10.2 Å². The molecule has 4 aromatic rings. The molecule has 0 aliphatic carbocycles. The summed E-state index contributed by atoms with van der Waals surface area (Å²) >= 11 is 0. The number of nitrogens with two attached hydrogens (primary N) is 1. The Morgan fingerprint density at radius 3 is 2.52 bits per heavy atom. The lowest BCUT2D eigenvalue weighted by Gasteiger charge is -2.16. The van der Waals surface area contributed by atoms with E-state index in [0.29, 0.717) is 17.3 Å². The summed E-state index contributed by atoms with van der Waals surface area (Å²) in [5, 5.41) is 11.5. The molecule has 0 radical (unpaired) electrons. The third-order valence-electron chi connectivity index (χ3n) is 5.50. The molecule has 3 heterocycles. The van der Waals surface area contributed by atoms with E-state index in [9.17, 15) is 4.79 Å². The van der Waals surface area contributed by atoms with Gasteiger partial charge in [-0.2, -0.15) is 0 Å². The third-order valence-corrected chi connectivity index (χ3v) is 5.50. The number of hydrogen-bond donors (Lipinski definition) is 2. The molecular weight excluding hydrogens is 418 g/mol. The zero-order valence-electron chi connectivity index (χ0n) is 19.4. The SMILES string of the molecule is CNCc1ccc(-c2nnc(-c3nc(-c4ccc(=O)n(C(C)C)c4C)cnc3N)o2)c(C)c1. The first-order valence-electron chi connectivity index (χ1n) is 10.7. The number of aromatic nitrogens is 5. The molecule has 9 heteroatoms. The maximum absolute atomic E-state index is 12.3. The lowest BCUT2D eigenvalue weighted by atomic mass is 10.1. The summed E-state index contributed by atoms with van der Waals surface area (Å²) in [6.45, 7) is 8.59. The maximum atomic E-state index is 12.3. The molecule has 0 fully saturated rings. The Bertz CT molecular complexity index is 1370. The van der Waals surface area contributed by atoms with Crippen LogP contribution in [0.25, 0.3) is 34.3 Å². The number of rotatable bonds is 6. The van der Waals surface area contributed by atoms with Gasteiger partial charge < -0.3 is 20.0 Å². The fraction of sp³-hybridized carbons (Fsp3) is 0.292. The van der Waals surface area contributed by atoms with Crippen LogP contribution in [0.2, 0.25) is 0 Å². The summed E-state index contributed by atoms with van der Waals surface area (Å²) in [5.74, 6) is 0.755. The molecule has 3 aromatic heterocycles. The van der Waals surface area contributed by atoms with Crippen molar-refractivity contribution in [1.82, 2.24) is 30.0 Å². The third kappa shape index (κ3) is 4.27. The quantitative estimate of drug-likeness (QED) is 0.462. The molecule has 9 nitrogen and oxygen atoms in total. The first kappa shape index (κ1) is 22.3. The highest BCUT2D eigenvalue weighted by atomic mass is 16.4. The Balaban J connectivity index is 1.75. The summed E-state index contributed by atoms with van der Waals surface area (Å²) in [6.07, 6.45) is 1.58. The van der Waals surface area contributed by atoms with Gasteiger partial charge >= 0.3 is 0 Å². The smallest absolute Gasteiger partial charge is 0.270 e. The number of aryl methyl sites for hydroxylation is 1. The van der Waals surface area contributed by atoms with Crippen LogP contribution in [0.15, 0.2) is 45.7 Å². The predicted octanol–water partition coefficient (Wildman–Crippen LogP) is 3.52. The number of nitrogens with one attached hydrogen (secondary N) is 1. The highest BCUT2D eigenvalue weighted by Gasteiger charge is 2.19. The van der Waals surface area contributed by atoms with Crippen molar-refractivity contribution in [2.24, 2.45) is 0 Å². The van der Waals surface area contributed by atoms with Gasteiger partial charge in [-0.3, -0.25) is 4.79 Å². The predicted molar refractivity (Wildman–Crippen MR) is 127 cm³/mol. The average Bonchev–Trinajstić information content (AvgIpc) is 3.24. The van der Waals surface area contributed by atoms with Crippen molar-refractivity contribution in [2.45, 2.75) is 40.3 Å². The molecule has 0 bridgehead atoms. The van der Waals surface area contributed by atoms with Crippen molar-refractivity contribution in [3.05, 3.63) is 63.7 Å². The number of hydrogen-bond acceptors (Lipinski definition) is 8. The van der Waals surface area contributed by atoms with Gasteiger partial charge in [0.05, 0.1) is 11.9 Å². The normalized spacial score (nSPS) is 11.3.